The average Bonchev–Trinajstić information content (AvgIpc) is 3.03. The van der Waals surface area contributed by atoms with Crippen LogP contribution in [0.5, 0.6) is 0 Å². The van der Waals surface area contributed by atoms with E-state index in [2.05, 4.69) is 12.2 Å². The molecule has 1 amide bonds. The smallest absolute Gasteiger partial charge is 0.375 e. The summed E-state index contributed by atoms with van der Waals surface area (Å²) in [6.45, 7) is 3.95. The third-order valence-electron chi connectivity index (χ3n) is 5.26. The van der Waals surface area contributed by atoms with E-state index in [1.54, 1.807) is 20.1 Å². The van der Waals surface area contributed by atoms with Crippen LogP contribution in [0.4, 0.5) is 0 Å². The molecular formula is C21H27NO5. The molecule has 146 valence electrons. The number of hydrogen-bond acceptors (Lipinski definition) is 5. The van der Waals surface area contributed by atoms with E-state index in [-0.39, 0.29) is 24.3 Å². The molecule has 0 radical (unpaired) electrons. The molecule has 3 atom stereocenters. The van der Waals surface area contributed by atoms with Crippen molar-refractivity contribution in [2.45, 2.75) is 58.3 Å². The number of para-hydroxylation sites is 1. The second kappa shape index (κ2) is 8.57. The number of carbonyl (C=O) groups is 2. The summed E-state index contributed by atoms with van der Waals surface area (Å²) in [5.41, 5.74) is 1.22. The Kier molecular flexibility index (Phi) is 6.16. The molecule has 1 heterocycles. The van der Waals surface area contributed by atoms with Crippen molar-refractivity contribution in [3.63, 3.8) is 0 Å². The zero-order chi connectivity index (χ0) is 19.4. The summed E-state index contributed by atoms with van der Waals surface area (Å²) in [6, 6.07) is 7.49. The molecule has 1 saturated carbocycles. The van der Waals surface area contributed by atoms with E-state index in [1.807, 2.05) is 18.2 Å². The van der Waals surface area contributed by atoms with Gasteiger partial charge in [-0.3, -0.25) is 4.79 Å². The predicted octanol–water partition coefficient (Wildman–Crippen LogP) is 3.82. The Bertz CT molecular complexity index is 812. The molecule has 27 heavy (non-hydrogen) atoms. The maximum atomic E-state index is 12.6. The van der Waals surface area contributed by atoms with Gasteiger partial charge in [0.15, 0.2) is 6.10 Å². The second-order valence-electron chi connectivity index (χ2n) is 7.26. The minimum atomic E-state index is -0.893. The molecule has 2 aromatic rings. The largest absolute Gasteiger partial charge is 0.449 e. The number of ether oxygens (including phenoxy) is 2. The first-order valence-electron chi connectivity index (χ1n) is 9.52. The molecule has 1 fully saturated rings. The lowest BCUT2D eigenvalue weighted by atomic mass is 9.86. The monoisotopic (exact) mass is 373 g/mol. The molecular weight excluding hydrogens is 346 g/mol. The molecule has 1 aromatic carbocycles. The highest BCUT2D eigenvalue weighted by Gasteiger charge is 2.28. The van der Waals surface area contributed by atoms with Crippen LogP contribution < -0.4 is 5.32 Å². The summed E-state index contributed by atoms with van der Waals surface area (Å²) in [5.74, 6) is -0.401. The highest BCUT2D eigenvalue weighted by Crippen LogP contribution is 2.28. The summed E-state index contributed by atoms with van der Waals surface area (Å²) >= 11 is 0. The minimum absolute atomic E-state index is 0.0868. The molecule has 1 aliphatic carbocycles. The number of nitrogens with one attached hydrogen (secondary N) is 1. The van der Waals surface area contributed by atoms with Gasteiger partial charge in [0.2, 0.25) is 5.76 Å². The number of amides is 1. The van der Waals surface area contributed by atoms with Crippen molar-refractivity contribution < 1.29 is 23.5 Å². The van der Waals surface area contributed by atoms with Crippen LogP contribution in [0.1, 0.15) is 55.6 Å². The van der Waals surface area contributed by atoms with E-state index in [4.69, 9.17) is 13.9 Å². The first-order valence-corrected chi connectivity index (χ1v) is 9.52. The van der Waals surface area contributed by atoms with E-state index in [0.29, 0.717) is 17.1 Å². The predicted molar refractivity (Wildman–Crippen MR) is 101 cm³/mol. The quantitative estimate of drug-likeness (QED) is 0.779. The van der Waals surface area contributed by atoms with E-state index < -0.39 is 12.1 Å². The number of hydrogen-bond donors (Lipinski definition) is 1. The Labute approximate surface area is 159 Å². The highest BCUT2D eigenvalue weighted by atomic mass is 16.6. The van der Waals surface area contributed by atoms with Gasteiger partial charge in [-0.15, -0.1) is 0 Å². The first kappa shape index (κ1) is 19.4. The minimum Gasteiger partial charge on any atom is -0.449 e. The SMILES string of the molecule is COCc1c(C(=O)O[C@H](C)C(=O)N[C@H]2CCCC[C@H]2C)oc2ccccc12. The topological polar surface area (TPSA) is 77.8 Å². The Morgan fingerprint density at radius 1 is 1.26 bits per heavy atom. The maximum absolute atomic E-state index is 12.6. The molecule has 6 nitrogen and oxygen atoms in total. The fraction of sp³-hybridized carbons (Fsp3) is 0.524. The van der Waals surface area contributed by atoms with E-state index in [0.717, 1.165) is 24.6 Å². The van der Waals surface area contributed by atoms with Crippen LogP contribution in [-0.4, -0.2) is 31.1 Å². The lowest BCUT2D eigenvalue weighted by molar-refractivity contribution is -0.130. The molecule has 0 unspecified atom stereocenters. The van der Waals surface area contributed by atoms with Crippen molar-refractivity contribution in [1.29, 1.82) is 0 Å². The zero-order valence-electron chi connectivity index (χ0n) is 16.1. The van der Waals surface area contributed by atoms with Crippen LogP contribution in [-0.2, 0) is 20.9 Å². The normalized spacial score (nSPS) is 21.0. The fourth-order valence-corrected chi connectivity index (χ4v) is 3.65. The van der Waals surface area contributed by atoms with Crippen molar-refractivity contribution in [1.82, 2.24) is 5.32 Å². The molecule has 0 bridgehead atoms. The molecule has 0 spiro atoms. The van der Waals surface area contributed by atoms with Crippen LogP contribution in [0.15, 0.2) is 28.7 Å². The second-order valence-corrected chi connectivity index (χ2v) is 7.26. The average molecular weight is 373 g/mol. The molecule has 1 N–H and O–H groups in total. The standard InChI is InChI=1S/C21H27NO5/c1-13-8-4-6-10-17(13)22-20(23)14(2)26-21(24)19-16(12-25-3)15-9-5-7-11-18(15)27-19/h5,7,9,11,13-14,17H,4,6,8,10,12H2,1-3H3,(H,22,23)/t13-,14-,17+/m1/s1. The molecule has 1 aliphatic rings. The van der Waals surface area contributed by atoms with E-state index in [9.17, 15) is 9.59 Å². The van der Waals surface area contributed by atoms with Gasteiger partial charge in [0.25, 0.3) is 5.91 Å². The number of fused-ring (bicyclic) bond motifs is 1. The van der Waals surface area contributed by atoms with Crippen molar-refractivity contribution in [2.75, 3.05) is 7.11 Å². The van der Waals surface area contributed by atoms with Crippen LogP contribution in [0.25, 0.3) is 11.0 Å². The lowest BCUT2D eigenvalue weighted by Crippen LogP contribution is -2.46. The van der Waals surface area contributed by atoms with Crippen molar-refractivity contribution in [2.24, 2.45) is 5.92 Å². The van der Waals surface area contributed by atoms with Crippen LogP contribution in [0.3, 0.4) is 0 Å². The van der Waals surface area contributed by atoms with Gasteiger partial charge in [-0.05, 0) is 31.7 Å². The summed E-state index contributed by atoms with van der Waals surface area (Å²) in [6.07, 6.45) is 3.50. The number of benzene rings is 1. The Balaban J connectivity index is 1.70. The zero-order valence-corrected chi connectivity index (χ0v) is 16.1. The first-order chi connectivity index (χ1) is 13.0. The summed E-state index contributed by atoms with van der Waals surface area (Å²) in [4.78, 5) is 25.1. The molecule has 0 aliphatic heterocycles. The fourth-order valence-electron chi connectivity index (χ4n) is 3.65. The molecule has 3 rings (SSSR count). The molecule has 0 saturated heterocycles. The van der Waals surface area contributed by atoms with Gasteiger partial charge >= 0.3 is 5.97 Å². The van der Waals surface area contributed by atoms with E-state index >= 15 is 0 Å². The van der Waals surface area contributed by atoms with Crippen molar-refractivity contribution in [3.05, 3.63) is 35.6 Å². The highest BCUT2D eigenvalue weighted by molar-refractivity contribution is 5.97. The number of carbonyl (C=O) groups excluding carboxylic acids is 2. The van der Waals surface area contributed by atoms with Crippen LogP contribution >= 0.6 is 0 Å². The number of esters is 1. The maximum Gasteiger partial charge on any atom is 0.375 e. The van der Waals surface area contributed by atoms with Gasteiger partial charge in [0.05, 0.1) is 6.61 Å². The van der Waals surface area contributed by atoms with Crippen LogP contribution in [0, 0.1) is 5.92 Å². The Hall–Kier alpha value is -2.34. The third-order valence-corrected chi connectivity index (χ3v) is 5.26. The summed E-state index contributed by atoms with van der Waals surface area (Å²) in [7, 11) is 1.55. The van der Waals surface area contributed by atoms with Gasteiger partial charge in [-0.25, -0.2) is 4.79 Å². The molecule has 1 aromatic heterocycles. The Morgan fingerprint density at radius 2 is 2.00 bits per heavy atom. The van der Waals surface area contributed by atoms with Gasteiger partial charge < -0.3 is 19.2 Å². The third kappa shape index (κ3) is 4.33. The van der Waals surface area contributed by atoms with E-state index in [1.165, 1.54) is 6.42 Å². The van der Waals surface area contributed by atoms with Gasteiger partial charge in [-0.1, -0.05) is 38.0 Å². The summed E-state index contributed by atoms with van der Waals surface area (Å²) < 4.78 is 16.3. The lowest BCUT2D eigenvalue weighted by Gasteiger charge is -2.30. The van der Waals surface area contributed by atoms with Crippen molar-refractivity contribution >= 4 is 22.8 Å². The van der Waals surface area contributed by atoms with Gasteiger partial charge in [-0.2, -0.15) is 0 Å². The van der Waals surface area contributed by atoms with Gasteiger partial charge in [0.1, 0.15) is 5.58 Å². The number of furan rings is 1. The Morgan fingerprint density at radius 3 is 2.74 bits per heavy atom. The van der Waals surface area contributed by atoms with Gasteiger partial charge in [0, 0.05) is 24.1 Å². The van der Waals surface area contributed by atoms with Crippen LogP contribution in [0.2, 0.25) is 0 Å². The van der Waals surface area contributed by atoms with Crippen molar-refractivity contribution in [3.8, 4) is 0 Å². The number of methoxy groups -OCH3 is 1. The number of rotatable bonds is 6. The molecule has 6 heteroatoms. The summed E-state index contributed by atoms with van der Waals surface area (Å²) in [5, 5.41) is 3.83.